The second-order valence-electron chi connectivity index (χ2n) is 6.48. The number of carboxylic acid groups (broad SMARTS) is 1. The molecule has 0 aliphatic carbocycles. The minimum atomic E-state index is -1.37. The van der Waals surface area contributed by atoms with E-state index < -0.39 is 28.6 Å². The van der Waals surface area contributed by atoms with Gasteiger partial charge in [0, 0.05) is 44.8 Å². The largest absolute Gasteiger partial charge is 0.477 e. The standard InChI is InChI=1S/C18H16F2N4O3/c1-23-8-11(18(26)27)16(25)10-6-9-7-12(19)15(24-4-2-21-3-5-24)13(20)14(9)22-17(10)23/h6-8,21H,2-5H2,1H3,(H,26,27). The summed E-state index contributed by atoms with van der Waals surface area (Å²) in [6, 6.07) is 2.43. The number of piperazine rings is 1. The molecule has 1 aliphatic heterocycles. The lowest BCUT2D eigenvalue weighted by molar-refractivity contribution is 0.0695. The second kappa shape index (κ2) is 6.27. The van der Waals surface area contributed by atoms with E-state index in [1.165, 1.54) is 17.7 Å². The minimum Gasteiger partial charge on any atom is -0.477 e. The maximum atomic E-state index is 15.1. The van der Waals surface area contributed by atoms with E-state index in [0.29, 0.717) is 26.2 Å². The summed E-state index contributed by atoms with van der Waals surface area (Å²) in [5.41, 5.74) is -1.23. The summed E-state index contributed by atoms with van der Waals surface area (Å²) in [6.07, 6.45) is 1.14. The fraction of sp³-hybridized carbons (Fsp3) is 0.278. The number of hydrogen-bond donors (Lipinski definition) is 2. The zero-order chi connectivity index (χ0) is 19.3. The number of pyridine rings is 2. The first-order valence-corrected chi connectivity index (χ1v) is 8.39. The first-order valence-electron chi connectivity index (χ1n) is 8.39. The van der Waals surface area contributed by atoms with Crippen molar-refractivity contribution >= 4 is 33.6 Å². The second-order valence-corrected chi connectivity index (χ2v) is 6.48. The van der Waals surface area contributed by atoms with Crippen molar-refractivity contribution in [2.75, 3.05) is 31.1 Å². The molecule has 4 rings (SSSR count). The Bertz CT molecular complexity index is 1150. The summed E-state index contributed by atoms with van der Waals surface area (Å²) in [5.74, 6) is -2.90. The fourth-order valence-electron chi connectivity index (χ4n) is 3.45. The fourth-order valence-corrected chi connectivity index (χ4v) is 3.45. The molecule has 1 aliphatic rings. The molecule has 0 amide bonds. The average Bonchev–Trinajstić information content (AvgIpc) is 2.64. The van der Waals surface area contributed by atoms with Crippen molar-refractivity contribution in [2.45, 2.75) is 0 Å². The third kappa shape index (κ3) is 2.71. The summed E-state index contributed by atoms with van der Waals surface area (Å²) in [6.45, 7) is 2.17. The minimum absolute atomic E-state index is 0.00128. The molecule has 2 N–H and O–H groups in total. The number of nitrogens with one attached hydrogen (secondary N) is 1. The van der Waals surface area contributed by atoms with Crippen LogP contribution < -0.4 is 15.6 Å². The smallest absolute Gasteiger partial charge is 0.341 e. The van der Waals surface area contributed by atoms with Crippen molar-refractivity contribution in [3.05, 3.63) is 45.8 Å². The average molecular weight is 374 g/mol. The topological polar surface area (TPSA) is 87.5 Å². The maximum Gasteiger partial charge on any atom is 0.341 e. The first-order chi connectivity index (χ1) is 12.9. The van der Waals surface area contributed by atoms with Crippen molar-refractivity contribution in [2.24, 2.45) is 7.05 Å². The molecule has 3 heterocycles. The van der Waals surface area contributed by atoms with Crippen LogP contribution in [0.3, 0.4) is 0 Å². The molecule has 0 saturated carbocycles. The molecule has 3 aromatic rings. The molecule has 27 heavy (non-hydrogen) atoms. The number of anilines is 1. The maximum absolute atomic E-state index is 15.1. The number of fused-ring (bicyclic) bond motifs is 2. The lowest BCUT2D eigenvalue weighted by Gasteiger charge is -2.30. The number of halogens is 2. The van der Waals surface area contributed by atoms with E-state index in [1.807, 2.05) is 0 Å². The molecule has 9 heteroatoms. The molecule has 1 aromatic carbocycles. The summed E-state index contributed by atoms with van der Waals surface area (Å²) >= 11 is 0. The number of aryl methyl sites for hydroxylation is 1. The van der Waals surface area contributed by atoms with E-state index in [-0.39, 0.29) is 27.6 Å². The molecule has 7 nitrogen and oxygen atoms in total. The van der Waals surface area contributed by atoms with Gasteiger partial charge in [0.2, 0.25) is 5.43 Å². The molecule has 140 valence electrons. The number of carboxylic acids is 1. The van der Waals surface area contributed by atoms with Gasteiger partial charge in [-0.15, -0.1) is 0 Å². The molecule has 0 spiro atoms. The van der Waals surface area contributed by atoms with Crippen LogP contribution in [0, 0.1) is 11.6 Å². The molecule has 0 radical (unpaired) electrons. The van der Waals surface area contributed by atoms with Crippen LogP contribution in [0.1, 0.15) is 10.4 Å². The summed E-state index contributed by atoms with van der Waals surface area (Å²) in [4.78, 5) is 29.5. The summed E-state index contributed by atoms with van der Waals surface area (Å²) in [5, 5.41) is 12.4. The normalized spacial score (nSPS) is 14.9. The van der Waals surface area contributed by atoms with E-state index in [2.05, 4.69) is 10.3 Å². The number of aromatic nitrogens is 2. The van der Waals surface area contributed by atoms with Crippen molar-refractivity contribution in [3.8, 4) is 0 Å². The van der Waals surface area contributed by atoms with Crippen molar-refractivity contribution in [1.29, 1.82) is 0 Å². The molecular weight excluding hydrogens is 358 g/mol. The van der Waals surface area contributed by atoms with E-state index >= 15 is 4.39 Å². The molecule has 1 fully saturated rings. The van der Waals surface area contributed by atoms with E-state index in [0.717, 1.165) is 12.3 Å². The van der Waals surface area contributed by atoms with Gasteiger partial charge in [-0.25, -0.2) is 18.6 Å². The van der Waals surface area contributed by atoms with Gasteiger partial charge in [-0.2, -0.15) is 0 Å². The van der Waals surface area contributed by atoms with Crippen molar-refractivity contribution in [3.63, 3.8) is 0 Å². The van der Waals surface area contributed by atoms with Gasteiger partial charge in [-0.05, 0) is 12.1 Å². The Morgan fingerprint density at radius 2 is 1.96 bits per heavy atom. The zero-order valence-corrected chi connectivity index (χ0v) is 14.4. The quantitative estimate of drug-likeness (QED) is 0.661. The van der Waals surface area contributed by atoms with E-state index in [4.69, 9.17) is 5.11 Å². The molecule has 0 unspecified atom stereocenters. The number of rotatable bonds is 2. The Morgan fingerprint density at radius 3 is 2.63 bits per heavy atom. The predicted molar refractivity (Wildman–Crippen MR) is 96.4 cm³/mol. The van der Waals surface area contributed by atoms with E-state index in [9.17, 15) is 14.0 Å². The van der Waals surface area contributed by atoms with Crippen LogP contribution in [0.4, 0.5) is 14.5 Å². The van der Waals surface area contributed by atoms with Gasteiger partial charge >= 0.3 is 5.97 Å². The molecule has 1 saturated heterocycles. The van der Waals surface area contributed by atoms with Gasteiger partial charge in [0.15, 0.2) is 5.82 Å². The highest BCUT2D eigenvalue weighted by Crippen LogP contribution is 2.31. The van der Waals surface area contributed by atoms with Crippen LogP contribution in [0.15, 0.2) is 23.1 Å². The van der Waals surface area contributed by atoms with Crippen LogP contribution in [0.5, 0.6) is 0 Å². The predicted octanol–water partition coefficient (Wildman–Crippen LogP) is 1.47. The molecule has 0 atom stereocenters. The highest BCUT2D eigenvalue weighted by Gasteiger charge is 2.23. The Kier molecular flexibility index (Phi) is 4.03. The SMILES string of the molecule is Cn1cc(C(=O)O)c(=O)c2cc3cc(F)c(N4CCNCC4)c(F)c3nc21. The van der Waals surface area contributed by atoms with Crippen LogP contribution in [0.2, 0.25) is 0 Å². The molecule has 0 bridgehead atoms. The van der Waals surface area contributed by atoms with E-state index in [1.54, 1.807) is 4.90 Å². The third-order valence-corrected chi connectivity index (χ3v) is 4.77. The number of nitrogens with zero attached hydrogens (tertiary/aromatic N) is 3. The summed E-state index contributed by atoms with van der Waals surface area (Å²) < 4.78 is 31.1. The number of aromatic carboxylic acids is 1. The van der Waals surface area contributed by atoms with Gasteiger partial charge in [0.05, 0.1) is 5.39 Å². The lowest BCUT2D eigenvalue weighted by Crippen LogP contribution is -2.44. The van der Waals surface area contributed by atoms with Crippen LogP contribution >= 0.6 is 0 Å². The van der Waals surface area contributed by atoms with Crippen molar-refractivity contribution < 1.29 is 18.7 Å². The van der Waals surface area contributed by atoms with Gasteiger partial charge in [0.25, 0.3) is 0 Å². The lowest BCUT2D eigenvalue weighted by atomic mass is 10.1. The molecular formula is C18H16F2N4O3. The van der Waals surface area contributed by atoms with Gasteiger partial charge in [-0.3, -0.25) is 4.79 Å². The van der Waals surface area contributed by atoms with Gasteiger partial charge < -0.3 is 19.9 Å². The summed E-state index contributed by atoms with van der Waals surface area (Å²) in [7, 11) is 1.52. The van der Waals surface area contributed by atoms with Crippen LogP contribution in [-0.2, 0) is 7.05 Å². The molecule has 2 aromatic heterocycles. The Balaban J connectivity index is 2.02. The monoisotopic (exact) mass is 374 g/mol. The number of carbonyl (C=O) groups is 1. The Hall–Kier alpha value is -3.07. The highest BCUT2D eigenvalue weighted by atomic mass is 19.1. The Morgan fingerprint density at radius 1 is 1.26 bits per heavy atom. The highest BCUT2D eigenvalue weighted by molar-refractivity contribution is 5.97. The third-order valence-electron chi connectivity index (χ3n) is 4.77. The zero-order valence-electron chi connectivity index (χ0n) is 14.4. The number of benzene rings is 1. The Labute approximate surface area is 151 Å². The van der Waals surface area contributed by atoms with Gasteiger partial charge in [0.1, 0.15) is 28.2 Å². The first kappa shape index (κ1) is 17.3. The van der Waals surface area contributed by atoms with Gasteiger partial charge in [-0.1, -0.05) is 0 Å². The van der Waals surface area contributed by atoms with Crippen molar-refractivity contribution in [1.82, 2.24) is 14.9 Å². The number of hydrogen-bond acceptors (Lipinski definition) is 5. The van der Waals surface area contributed by atoms with Crippen LogP contribution in [-0.4, -0.2) is 46.8 Å². The van der Waals surface area contributed by atoms with Crippen LogP contribution in [0.25, 0.3) is 21.9 Å².